The van der Waals surface area contributed by atoms with Gasteiger partial charge in [0.15, 0.2) is 0 Å². The van der Waals surface area contributed by atoms with Crippen LogP contribution in [0.1, 0.15) is 32.0 Å². The number of nitrogens with one attached hydrogen (secondary N) is 1. The van der Waals surface area contributed by atoms with Gasteiger partial charge in [0.2, 0.25) is 0 Å². The maximum absolute atomic E-state index is 5.61. The molecule has 16 heavy (non-hydrogen) atoms. The lowest BCUT2D eigenvalue weighted by atomic mass is 10.2. The maximum Gasteiger partial charge on any atom is 0.0730 e. The number of thioether (sulfide) groups is 1. The van der Waals surface area contributed by atoms with E-state index in [1.54, 1.807) is 0 Å². The smallest absolute Gasteiger partial charge is 0.0730 e. The third-order valence-corrected chi connectivity index (χ3v) is 4.17. The summed E-state index contributed by atoms with van der Waals surface area (Å²) in [5, 5.41) is 4.30. The van der Waals surface area contributed by atoms with Crippen molar-refractivity contribution in [3.8, 4) is 0 Å². The number of aromatic nitrogens is 2. The van der Waals surface area contributed by atoms with E-state index in [0.29, 0.717) is 0 Å². The van der Waals surface area contributed by atoms with Gasteiger partial charge in [-0.05, 0) is 35.0 Å². The van der Waals surface area contributed by atoms with E-state index in [1.807, 2.05) is 22.6 Å². The van der Waals surface area contributed by atoms with Crippen LogP contribution < -0.4 is 11.3 Å². The van der Waals surface area contributed by atoms with E-state index in [4.69, 9.17) is 5.84 Å². The van der Waals surface area contributed by atoms with Crippen molar-refractivity contribution in [3.63, 3.8) is 0 Å². The third kappa shape index (κ3) is 3.48. The molecule has 1 aromatic rings. The Kier molecular flexibility index (Phi) is 6.41. The topological polar surface area (TPSA) is 55.9 Å². The van der Waals surface area contributed by atoms with Crippen molar-refractivity contribution in [2.45, 2.75) is 32.9 Å². The highest BCUT2D eigenvalue weighted by atomic mass is 79.9. The average molecular weight is 307 g/mol. The maximum atomic E-state index is 5.61. The molecule has 1 atom stereocenters. The summed E-state index contributed by atoms with van der Waals surface area (Å²) in [6.45, 7) is 5.12. The molecule has 0 spiro atoms. The SMILES string of the molecule is CCCSCC(NN)c1c(Br)cnn1CC. The van der Waals surface area contributed by atoms with Crippen LogP contribution in [0.4, 0.5) is 0 Å². The highest BCUT2D eigenvalue weighted by molar-refractivity contribution is 9.10. The number of hydrogen-bond acceptors (Lipinski definition) is 4. The van der Waals surface area contributed by atoms with Crippen molar-refractivity contribution in [3.05, 3.63) is 16.4 Å². The monoisotopic (exact) mass is 306 g/mol. The normalized spacial score (nSPS) is 13.0. The molecule has 4 nitrogen and oxygen atoms in total. The van der Waals surface area contributed by atoms with Gasteiger partial charge in [0.05, 0.1) is 22.4 Å². The summed E-state index contributed by atoms with van der Waals surface area (Å²) < 4.78 is 3.00. The van der Waals surface area contributed by atoms with Gasteiger partial charge in [0, 0.05) is 12.3 Å². The number of aryl methyl sites for hydroxylation is 1. The molecule has 0 aromatic carbocycles. The molecule has 0 aliphatic heterocycles. The molecule has 0 aliphatic rings. The van der Waals surface area contributed by atoms with Crippen molar-refractivity contribution in [1.29, 1.82) is 0 Å². The molecule has 3 N–H and O–H groups in total. The molecule has 0 saturated carbocycles. The molecule has 0 saturated heterocycles. The Hall–Kier alpha value is -0.0400. The van der Waals surface area contributed by atoms with Crippen LogP contribution in [-0.4, -0.2) is 21.3 Å². The van der Waals surface area contributed by atoms with Crippen LogP contribution >= 0.6 is 27.7 Å². The Bertz CT molecular complexity index is 316. The molecule has 0 bridgehead atoms. The second kappa shape index (κ2) is 7.32. The van der Waals surface area contributed by atoms with Crippen LogP contribution in [0.3, 0.4) is 0 Å². The Morgan fingerprint density at radius 3 is 2.94 bits per heavy atom. The van der Waals surface area contributed by atoms with Crippen molar-refractivity contribution in [2.24, 2.45) is 5.84 Å². The second-order valence-corrected chi connectivity index (χ2v) is 5.49. The van der Waals surface area contributed by atoms with Gasteiger partial charge in [-0.3, -0.25) is 16.0 Å². The molecule has 92 valence electrons. The highest BCUT2D eigenvalue weighted by Gasteiger charge is 2.18. The van der Waals surface area contributed by atoms with E-state index in [9.17, 15) is 0 Å². The minimum Gasteiger partial charge on any atom is -0.271 e. The number of hydrogen-bond donors (Lipinski definition) is 2. The molecule has 0 radical (unpaired) electrons. The van der Waals surface area contributed by atoms with Crippen LogP contribution in [0.15, 0.2) is 10.7 Å². The van der Waals surface area contributed by atoms with Crippen molar-refractivity contribution < 1.29 is 0 Å². The van der Waals surface area contributed by atoms with E-state index in [0.717, 1.165) is 28.2 Å². The van der Waals surface area contributed by atoms with Gasteiger partial charge in [-0.25, -0.2) is 0 Å². The molecule has 0 aliphatic carbocycles. The number of hydrazine groups is 1. The van der Waals surface area contributed by atoms with Gasteiger partial charge in [0.25, 0.3) is 0 Å². The standard InChI is InChI=1S/C10H19BrN4S/c1-3-5-16-7-9(14-12)10-8(11)6-13-15(10)4-2/h6,9,14H,3-5,7,12H2,1-2H3. The minimum absolute atomic E-state index is 0.147. The van der Waals surface area contributed by atoms with E-state index in [1.165, 1.54) is 6.42 Å². The van der Waals surface area contributed by atoms with E-state index < -0.39 is 0 Å². The number of nitrogens with two attached hydrogens (primary N) is 1. The lowest BCUT2D eigenvalue weighted by Crippen LogP contribution is -2.31. The largest absolute Gasteiger partial charge is 0.271 e. The van der Waals surface area contributed by atoms with Gasteiger partial charge in [-0.2, -0.15) is 16.9 Å². The highest BCUT2D eigenvalue weighted by Crippen LogP contribution is 2.25. The fraction of sp³-hybridized carbons (Fsp3) is 0.700. The van der Waals surface area contributed by atoms with Crippen LogP contribution in [0.25, 0.3) is 0 Å². The Morgan fingerprint density at radius 1 is 1.62 bits per heavy atom. The summed E-state index contributed by atoms with van der Waals surface area (Å²) in [4.78, 5) is 0. The van der Waals surface area contributed by atoms with Crippen LogP contribution in [0.2, 0.25) is 0 Å². The van der Waals surface area contributed by atoms with Crippen LogP contribution in [0, 0.1) is 0 Å². The van der Waals surface area contributed by atoms with Gasteiger partial charge in [0.1, 0.15) is 0 Å². The molecule has 1 aromatic heterocycles. The van der Waals surface area contributed by atoms with Crippen molar-refractivity contribution in [2.75, 3.05) is 11.5 Å². The molecule has 1 rings (SSSR count). The fourth-order valence-corrected chi connectivity index (χ4v) is 3.04. The zero-order valence-corrected chi connectivity index (χ0v) is 12.1. The second-order valence-electron chi connectivity index (χ2n) is 3.49. The van der Waals surface area contributed by atoms with Gasteiger partial charge < -0.3 is 0 Å². The van der Waals surface area contributed by atoms with Gasteiger partial charge in [-0.15, -0.1) is 0 Å². The molecule has 0 fully saturated rings. The molecule has 1 unspecified atom stereocenters. The van der Waals surface area contributed by atoms with Crippen LogP contribution in [0.5, 0.6) is 0 Å². The average Bonchev–Trinajstić information content (AvgIpc) is 2.66. The molecular weight excluding hydrogens is 288 g/mol. The summed E-state index contributed by atoms with van der Waals surface area (Å²) in [6.07, 6.45) is 3.02. The van der Waals surface area contributed by atoms with E-state index in [2.05, 4.69) is 40.3 Å². The summed E-state index contributed by atoms with van der Waals surface area (Å²) in [7, 11) is 0. The predicted octanol–water partition coefficient (Wildman–Crippen LogP) is 2.31. The quantitative estimate of drug-likeness (QED) is 0.461. The Labute approximate surface area is 109 Å². The Balaban J connectivity index is 2.73. The first-order valence-corrected chi connectivity index (χ1v) is 7.44. The van der Waals surface area contributed by atoms with Crippen LogP contribution in [-0.2, 0) is 6.54 Å². The van der Waals surface area contributed by atoms with Gasteiger partial charge >= 0.3 is 0 Å². The minimum atomic E-state index is 0.147. The first kappa shape index (κ1) is 14.0. The molecule has 6 heteroatoms. The molecule has 1 heterocycles. The molecule has 0 amide bonds. The first-order chi connectivity index (χ1) is 7.74. The summed E-state index contributed by atoms with van der Waals surface area (Å²) in [5.74, 6) is 7.74. The Morgan fingerprint density at radius 2 is 2.38 bits per heavy atom. The third-order valence-electron chi connectivity index (χ3n) is 2.30. The van der Waals surface area contributed by atoms with Gasteiger partial charge in [-0.1, -0.05) is 6.92 Å². The lowest BCUT2D eigenvalue weighted by Gasteiger charge is -2.17. The summed E-state index contributed by atoms with van der Waals surface area (Å²) >= 11 is 5.43. The number of rotatable bonds is 7. The number of nitrogens with zero attached hydrogens (tertiary/aromatic N) is 2. The summed E-state index contributed by atoms with van der Waals surface area (Å²) in [6, 6.07) is 0.147. The van der Waals surface area contributed by atoms with Crippen molar-refractivity contribution in [1.82, 2.24) is 15.2 Å². The first-order valence-electron chi connectivity index (χ1n) is 5.49. The molecular formula is C10H19BrN4S. The van der Waals surface area contributed by atoms with E-state index >= 15 is 0 Å². The zero-order chi connectivity index (χ0) is 12.0. The fourth-order valence-electron chi connectivity index (χ4n) is 1.52. The van der Waals surface area contributed by atoms with E-state index in [-0.39, 0.29) is 6.04 Å². The number of halogens is 1. The van der Waals surface area contributed by atoms with Crippen molar-refractivity contribution >= 4 is 27.7 Å². The summed E-state index contributed by atoms with van der Waals surface area (Å²) in [5.41, 5.74) is 4.00. The predicted molar refractivity (Wildman–Crippen MR) is 73.3 cm³/mol. The zero-order valence-electron chi connectivity index (χ0n) is 9.74. The lowest BCUT2D eigenvalue weighted by molar-refractivity contribution is 0.526.